The average Bonchev–Trinajstić information content (AvgIpc) is 2.84. The Labute approximate surface area is 121 Å². The molecule has 5 heteroatoms. The molecule has 0 saturated heterocycles. The van der Waals surface area contributed by atoms with Gasteiger partial charge in [0.15, 0.2) is 0 Å². The van der Waals surface area contributed by atoms with Crippen molar-refractivity contribution in [1.82, 2.24) is 9.55 Å². The van der Waals surface area contributed by atoms with E-state index in [1.54, 1.807) is 29.2 Å². The molecule has 0 aliphatic carbocycles. The lowest BCUT2D eigenvalue weighted by atomic mass is 10.2. The molecule has 1 amide bonds. The highest BCUT2D eigenvalue weighted by Crippen LogP contribution is 2.17. The highest BCUT2D eigenvalue weighted by molar-refractivity contribution is 5.92. The fourth-order valence-corrected chi connectivity index (χ4v) is 2.23. The molecule has 21 heavy (non-hydrogen) atoms. The first-order valence-corrected chi connectivity index (χ1v) is 6.58. The Bertz CT molecular complexity index is 810. The second-order valence-corrected chi connectivity index (χ2v) is 4.89. The Morgan fingerprint density at radius 1 is 1.33 bits per heavy atom. The lowest BCUT2D eigenvalue weighted by Gasteiger charge is -2.09. The van der Waals surface area contributed by atoms with E-state index in [0.717, 1.165) is 10.9 Å². The van der Waals surface area contributed by atoms with Crippen LogP contribution in [-0.2, 0) is 11.3 Å². The van der Waals surface area contributed by atoms with Crippen molar-refractivity contribution in [3.8, 4) is 0 Å². The van der Waals surface area contributed by atoms with Crippen molar-refractivity contribution in [2.24, 2.45) is 0 Å². The third kappa shape index (κ3) is 2.76. The molecule has 0 aliphatic rings. The Balaban J connectivity index is 1.80. The second-order valence-electron chi connectivity index (χ2n) is 4.89. The van der Waals surface area contributed by atoms with Crippen molar-refractivity contribution in [1.29, 1.82) is 0 Å². The van der Waals surface area contributed by atoms with E-state index in [9.17, 15) is 9.18 Å². The van der Waals surface area contributed by atoms with Crippen LogP contribution in [-0.4, -0.2) is 15.5 Å². The summed E-state index contributed by atoms with van der Waals surface area (Å²) in [4.78, 5) is 16.1. The number of hydrogen-bond donors (Lipinski definition) is 1. The van der Waals surface area contributed by atoms with Crippen LogP contribution in [0.4, 0.5) is 10.1 Å². The number of benzene rings is 1. The molecule has 3 aromatic rings. The Kier molecular flexibility index (Phi) is 3.39. The molecule has 1 aromatic carbocycles. The molecule has 0 bridgehead atoms. The van der Waals surface area contributed by atoms with Gasteiger partial charge in [0.25, 0.3) is 0 Å². The number of rotatable bonds is 3. The molecule has 106 valence electrons. The number of hydrogen-bond acceptors (Lipinski definition) is 2. The second kappa shape index (κ2) is 5.36. The fraction of sp³-hybridized carbons (Fsp3) is 0.125. The third-order valence-electron chi connectivity index (χ3n) is 3.36. The van der Waals surface area contributed by atoms with E-state index in [1.807, 2.05) is 19.1 Å². The van der Waals surface area contributed by atoms with E-state index in [4.69, 9.17) is 0 Å². The number of anilines is 1. The van der Waals surface area contributed by atoms with Gasteiger partial charge >= 0.3 is 0 Å². The van der Waals surface area contributed by atoms with Crippen LogP contribution >= 0.6 is 0 Å². The summed E-state index contributed by atoms with van der Waals surface area (Å²) < 4.78 is 15.0. The highest BCUT2D eigenvalue weighted by Gasteiger charge is 2.08. The number of amides is 1. The summed E-state index contributed by atoms with van der Waals surface area (Å²) >= 11 is 0. The Morgan fingerprint density at radius 3 is 3.00 bits per heavy atom. The van der Waals surface area contributed by atoms with Crippen molar-refractivity contribution in [3.63, 3.8) is 0 Å². The number of aryl methyl sites for hydroxylation is 1. The van der Waals surface area contributed by atoms with Crippen LogP contribution in [0.15, 0.2) is 48.9 Å². The first kappa shape index (κ1) is 13.3. The molecule has 3 rings (SSSR count). The fourth-order valence-electron chi connectivity index (χ4n) is 2.23. The topological polar surface area (TPSA) is 46.9 Å². The molecule has 0 fully saturated rings. The van der Waals surface area contributed by atoms with Gasteiger partial charge in [0.1, 0.15) is 12.4 Å². The minimum absolute atomic E-state index is 0.126. The van der Waals surface area contributed by atoms with Crippen molar-refractivity contribution >= 4 is 22.5 Å². The average molecular weight is 283 g/mol. The number of nitrogens with zero attached hydrogens (tertiary/aromatic N) is 2. The standard InChI is InChI=1S/C16H14FN3O/c1-11-4-6-18-9-14(11)19-16(21)10-20-7-5-12-2-3-13(17)8-15(12)20/h2-9H,10H2,1H3,(H,19,21). The molecule has 0 saturated carbocycles. The molecule has 2 aromatic heterocycles. The summed E-state index contributed by atoms with van der Waals surface area (Å²) in [6.45, 7) is 2.03. The van der Waals surface area contributed by atoms with Crippen LogP contribution in [0.3, 0.4) is 0 Å². The minimum atomic E-state index is -0.314. The molecule has 0 unspecified atom stereocenters. The number of carbonyl (C=O) groups excluding carboxylic acids is 1. The van der Waals surface area contributed by atoms with Crippen molar-refractivity contribution in [2.75, 3.05) is 5.32 Å². The van der Waals surface area contributed by atoms with Crippen LogP contribution in [0.5, 0.6) is 0 Å². The number of carbonyl (C=O) groups is 1. The molecule has 0 radical (unpaired) electrons. The monoisotopic (exact) mass is 283 g/mol. The van der Waals surface area contributed by atoms with E-state index in [1.165, 1.54) is 12.1 Å². The zero-order valence-corrected chi connectivity index (χ0v) is 11.5. The lowest BCUT2D eigenvalue weighted by molar-refractivity contribution is -0.116. The number of aromatic nitrogens is 2. The van der Waals surface area contributed by atoms with Gasteiger partial charge in [-0.15, -0.1) is 0 Å². The number of nitrogens with one attached hydrogen (secondary N) is 1. The summed E-state index contributed by atoms with van der Waals surface area (Å²) in [7, 11) is 0. The normalized spacial score (nSPS) is 10.8. The third-order valence-corrected chi connectivity index (χ3v) is 3.36. The first-order valence-electron chi connectivity index (χ1n) is 6.58. The van der Waals surface area contributed by atoms with Gasteiger partial charge in [-0.2, -0.15) is 0 Å². The van der Waals surface area contributed by atoms with Crippen LogP contribution < -0.4 is 5.32 Å². The molecule has 2 heterocycles. The van der Waals surface area contributed by atoms with Crippen molar-refractivity contribution in [3.05, 3.63) is 60.3 Å². The molecule has 4 nitrogen and oxygen atoms in total. The summed E-state index contributed by atoms with van der Waals surface area (Å²) in [5.74, 6) is -0.487. The number of halogens is 1. The van der Waals surface area contributed by atoms with Gasteiger partial charge in [0.2, 0.25) is 5.91 Å². The van der Waals surface area contributed by atoms with E-state index >= 15 is 0 Å². The first-order chi connectivity index (χ1) is 10.1. The molecule has 0 atom stereocenters. The van der Waals surface area contributed by atoms with Gasteiger partial charge in [-0.1, -0.05) is 0 Å². The van der Waals surface area contributed by atoms with Gasteiger partial charge in [0.05, 0.1) is 17.4 Å². The van der Waals surface area contributed by atoms with E-state index < -0.39 is 0 Å². The molecular formula is C16H14FN3O. The van der Waals surface area contributed by atoms with Gasteiger partial charge in [-0.3, -0.25) is 9.78 Å². The van der Waals surface area contributed by atoms with Gasteiger partial charge < -0.3 is 9.88 Å². The summed E-state index contributed by atoms with van der Waals surface area (Å²) in [6.07, 6.45) is 5.06. The molecule has 1 N–H and O–H groups in total. The van der Waals surface area contributed by atoms with Gasteiger partial charge in [-0.25, -0.2) is 4.39 Å². The Hall–Kier alpha value is -2.69. The SMILES string of the molecule is Cc1ccncc1NC(=O)Cn1ccc2ccc(F)cc21. The summed E-state index contributed by atoms with van der Waals surface area (Å²) in [5, 5.41) is 3.72. The summed E-state index contributed by atoms with van der Waals surface area (Å²) in [6, 6.07) is 8.22. The van der Waals surface area contributed by atoms with Crippen LogP contribution in [0.25, 0.3) is 10.9 Å². The largest absolute Gasteiger partial charge is 0.338 e. The minimum Gasteiger partial charge on any atom is -0.338 e. The van der Waals surface area contributed by atoms with Gasteiger partial charge in [0, 0.05) is 12.4 Å². The Morgan fingerprint density at radius 2 is 2.19 bits per heavy atom. The zero-order chi connectivity index (χ0) is 14.8. The number of pyridine rings is 1. The quantitative estimate of drug-likeness (QED) is 0.802. The van der Waals surface area contributed by atoms with Crippen LogP contribution in [0.2, 0.25) is 0 Å². The van der Waals surface area contributed by atoms with Crippen LogP contribution in [0.1, 0.15) is 5.56 Å². The smallest absolute Gasteiger partial charge is 0.244 e. The maximum Gasteiger partial charge on any atom is 0.244 e. The van der Waals surface area contributed by atoms with E-state index in [-0.39, 0.29) is 18.3 Å². The molecule has 0 spiro atoms. The lowest BCUT2D eigenvalue weighted by Crippen LogP contribution is -2.18. The summed E-state index contributed by atoms with van der Waals surface area (Å²) in [5.41, 5.74) is 2.33. The highest BCUT2D eigenvalue weighted by atomic mass is 19.1. The maximum atomic E-state index is 13.3. The number of fused-ring (bicyclic) bond motifs is 1. The predicted molar refractivity (Wildman–Crippen MR) is 79.5 cm³/mol. The molecular weight excluding hydrogens is 269 g/mol. The maximum absolute atomic E-state index is 13.3. The van der Waals surface area contributed by atoms with Gasteiger partial charge in [-0.05, 0) is 48.2 Å². The van der Waals surface area contributed by atoms with Crippen molar-refractivity contribution < 1.29 is 9.18 Å². The van der Waals surface area contributed by atoms with Crippen LogP contribution in [0, 0.1) is 12.7 Å². The van der Waals surface area contributed by atoms with Crippen molar-refractivity contribution in [2.45, 2.75) is 13.5 Å². The van der Waals surface area contributed by atoms with E-state index in [0.29, 0.717) is 11.2 Å². The van der Waals surface area contributed by atoms with E-state index in [2.05, 4.69) is 10.3 Å². The zero-order valence-electron chi connectivity index (χ0n) is 11.5. The predicted octanol–water partition coefficient (Wildman–Crippen LogP) is 3.12. The molecule has 0 aliphatic heterocycles.